The first-order valence-corrected chi connectivity index (χ1v) is 6.64. The van der Waals surface area contributed by atoms with Crippen molar-refractivity contribution in [1.29, 1.82) is 0 Å². The fourth-order valence-corrected chi connectivity index (χ4v) is 1.77. The van der Waals surface area contributed by atoms with Crippen molar-refractivity contribution in [3.63, 3.8) is 0 Å². The lowest BCUT2D eigenvalue weighted by molar-refractivity contribution is -0.143. The van der Waals surface area contributed by atoms with Crippen LogP contribution in [0.5, 0.6) is 11.5 Å². The van der Waals surface area contributed by atoms with Crippen LogP contribution in [-0.2, 0) is 9.59 Å². The Morgan fingerprint density at radius 1 is 1.29 bits per heavy atom. The maximum absolute atomic E-state index is 11.8. The molecule has 0 unspecified atom stereocenters. The van der Waals surface area contributed by atoms with Crippen molar-refractivity contribution in [2.75, 3.05) is 13.7 Å². The van der Waals surface area contributed by atoms with Crippen LogP contribution in [0.2, 0.25) is 0 Å². The number of carbonyl (C=O) groups excluding carboxylic acids is 1. The zero-order valence-corrected chi connectivity index (χ0v) is 12.7. The Kier molecular flexibility index (Phi) is 6.02. The zero-order valence-electron chi connectivity index (χ0n) is 12.7. The summed E-state index contributed by atoms with van der Waals surface area (Å²) >= 11 is 0. The second kappa shape index (κ2) is 7.52. The molecule has 0 spiro atoms. The van der Waals surface area contributed by atoms with Gasteiger partial charge in [0.05, 0.1) is 7.11 Å². The van der Waals surface area contributed by atoms with Crippen molar-refractivity contribution >= 4 is 11.9 Å². The van der Waals surface area contributed by atoms with Gasteiger partial charge in [-0.1, -0.05) is 19.9 Å². The minimum Gasteiger partial charge on any atom is -0.493 e. The minimum atomic E-state index is -1.06. The standard InChI is InChI=1S/C15H21NO5/c1-9(2)14(15(18)19)16-13(17)8-21-11-6-5-10(3)7-12(11)20-4/h5-7,9,14H,8H2,1-4H3,(H,16,17)(H,18,19)/t14-/m0/s1. The average molecular weight is 295 g/mol. The molecule has 1 aromatic rings. The number of carboxylic acid groups (broad SMARTS) is 1. The topological polar surface area (TPSA) is 84.9 Å². The predicted octanol–water partition coefficient (Wildman–Crippen LogP) is 1.61. The van der Waals surface area contributed by atoms with Crippen molar-refractivity contribution in [3.05, 3.63) is 23.8 Å². The van der Waals surface area contributed by atoms with Crippen LogP contribution in [0.15, 0.2) is 18.2 Å². The molecule has 0 saturated heterocycles. The molecule has 0 heterocycles. The summed E-state index contributed by atoms with van der Waals surface area (Å²) in [5.74, 6) is -0.790. The normalized spacial score (nSPS) is 11.9. The van der Waals surface area contributed by atoms with Crippen molar-refractivity contribution in [2.24, 2.45) is 5.92 Å². The highest BCUT2D eigenvalue weighted by molar-refractivity contribution is 5.84. The molecular weight excluding hydrogens is 274 g/mol. The number of carbonyl (C=O) groups is 2. The first-order chi connectivity index (χ1) is 9.85. The molecule has 116 valence electrons. The van der Waals surface area contributed by atoms with Gasteiger partial charge in [0.2, 0.25) is 0 Å². The first-order valence-electron chi connectivity index (χ1n) is 6.64. The third kappa shape index (κ3) is 4.98. The van der Waals surface area contributed by atoms with Gasteiger partial charge < -0.3 is 19.9 Å². The SMILES string of the molecule is COc1cc(C)ccc1OCC(=O)N[C@H](C(=O)O)C(C)C. The molecule has 6 nitrogen and oxygen atoms in total. The van der Waals surface area contributed by atoms with Crippen LogP contribution in [0.25, 0.3) is 0 Å². The van der Waals surface area contributed by atoms with E-state index in [1.165, 1.54) is 7.11 Å². The van der Waals surface area contributed by atoms with Gasteiger partial charge in [-0.05, 0) is 30.5 Å². The Balaban J connectivity index is 2.63. The Morgan fingerprint density at radius 3 is 2.48 bits per heavy atom. The van der Waals surface area contributed by atoms with Crippen LogP contribution in [-0.4, -0.2) is 36.7 Å². The molecule has 0 saturated carbocycles. The molecule has 1 atom stereocenters. The fraction of sp³-hybridized carbons (Fsp3) is 0.467. The smallest absolute Gasteiger partial charge is 0.326 e. The van der Waals surface area contributed by atoms with Gasteiger partial charge in [-0.25, -0.2) is 4.79 Å². The highest BCUT2D eigenvalue weighted by Gasteiger charge is 2.23. The molecule has 0 bridgehead atoms. The zero-order chi connectivity index (χ0) is 16.0. The summed E-state index contributed by atoms with van der Waals surface area (Å²) in [4.78, 5) is 22.8. The molecule has 1 aromatic carbocycles. The van der Waals surface area contributed by atoms with E-state index in [0.717, 1.165) is 5.56 Å². The number of ether oxygens (including phenoxy) is 2. The number of amides is 1. The van der Waals surface area contributed by atoms with Gasteiger partial charge in [-0.2, -0.15) is 0 Å². The summed E-state index contributed by atoms with van der Waals surface area (Å²) in [6.07, 6.45) is 0. The fourth-order valence-electron chi connectivity index (χ4n) is 1.77. The van der Waals surface area contributed by atoms with Gasteiger partial charge in [0.25, 0.3) is 5.91 Å². The summed E-state index contributed by atoms with van der Waals surface area (Å²) in [5.41, 5.74) is 1.01. The molecule has 0 aliphatic rings. The Labute approximate surface area is 124 Å². The summed E-state index contributed by atoms with van der Waals surface area (Å²) in [7, 11) is 1.51. The number of aryl methyl sites for hydroxylation is 1. The van der Waals surface area contributed by atoms with Gasteiger partial charge in [0.1, 0.15) is 6.04 Å². The molecular formula is C15H21NO5. The Hall–Kier alpha value is -2.24. The van der Waals surface area contributed by atoms with E-state index >= 15 is 0 Å². The molecule has 1 amide bonds. The summed E-state index contributed by atoms with van der Waals surface area (Å²) in [6.45, 7) is 5.10. The second-order valence-electron chi connectivity index (χ2n) is 5.07. The van der Waals surface area contributed by atoms with Crippen LogP contribution in [0, 0.1) is 12.8 Å². The second-order valence-corrected chi connectivity index (χ2v) is 5.07. The van der Waals surface area contributed by atoms with Gasteiger partial charge in [-0.3, -0.25) is 4.79 Å². The third-order valence-electron chi connectivity index (χ3n) is 2.93. The number of hydrogen-bond donors (Lipinski definition) is 2. The highest BCUT2D eigenvalue weighted by atomic mass is 16.5. The van der Waals surface area contributed by atoms with Crippen LogP contribution >= 0.6 is 0 Å². The number of nitrogens with one attached hydrogen (secondary N) is 1. The number of rotatable bonds is 7. The monoisotopic (exact) mass is 295 g/mol. The maximum atomic E-state index is 11.8. The van der Waals surface area contributed by atoms with E-state index < -0.39 is 17.9 Å². The Bertz CT molecular complexity index is 513. The van der Waals surface area contributed by atoms with E-state index in [9.17, 15) is 9.59 Å². The molecule has 21 heavy (non-hydrogen) atoms. The molecule has 0 aliphatic carbocycles. The molecule has 0 aromatic heterocycles. The van der Waals surface area contributed by atoms with Gasteiger partial charge >= 0.3 is 5.97 Å². The van der Waals surface area contributed by atoms with Crippen molar-refractivity contribution < 1.29 is 24.2 Å². The first kappa shape index (κ1) is 16.8. The largest absolute Gasteiger partial charge is 0.493 e. The Morgan fingerprint density at radius 2 is 1.95 bits per heavy atom. The van der Waals surface area contributed by atoms with E-state index in [1.807, 2.05) is 13.0 Å². The number of hydrogen-bond acceptors (Lipinski definition) is 4. The number of methoxy groups -OCH3 is 1. The van der Waals surface area contributed by atoms with E-state index in [1.54, 1.807) is 26.0 Å². The number of carboxylic acids is 1. The molecule has 1 rings (SSSR count). The lowest BCUT2D eigenvalue weighted by atomic mass is 10.1. The summed E-state index contributed by atoms with van der Waals surface area (Å²) in [6, 6.07) is 4.41. The van der Waals surface area contributed by atoms with E-state index in [4.69, 9.17) is 14.6 Å². The molecule has 0 fully saturated rings. The molecule has 6 heteroatoms. The van der Waals surface area contributed by atoms with Crippen molar-refractivity contribution in [1.82, 2.24) is 5.32 Å². The van der Waals surface area contributed by atoms with Crippen LogP contribution in [0.1, 0.15) is 19.4 Å². The summed E-state index contributed by atoms with van der Waals surface area (Å²) in [5, 5.41) is 11.4. The molecule has 0 radical (unpaired) electrons. The molecule has 2 N–H and O–H groups in total. The predicted molar refractivity (Wildman–Crippen MR) is 77.6 cm³/mol. The van der Waals surface area contributed by atoms with Crippen molar-refractivity contribution in [3.8, 4) is 11.5 Å². The van der Waals surface area contributed by atoms with Crippen LogP contribution in [0.3, 0.4) is 0 Å². The number of aliphatic carboxylic acids is 1. The van der Waals surface area contributed by atoms with E-state index in [0.29, 0.717) is 11.5 Å². The van der Waals surface area contributed by atoms with E-state index in [-0.39, 0.29) is 12.5 Å². The van der Waals surface area contributed by atoms with Gasteiger partial charge in [-0.15, -0.1) is 0 Å². The van der Waals surface area contributed by atoms with Crippen LogP contribution in [0.4, 0.5) is 0 Å². The summed E-state index contributed by atoms with van der Waals surface area (Å²) < 4.78 is 10.5. The quantitative estimate of drug-likeness (QED) is 0.798. The minimum absolute atomic E-state index is 0.208. The molecule has 0 aliphatic heterocycles. The van der Waals surface area contributed by atoms with E-state index in [2.05, 4.69) is 5.32 Å². The number of benzene rings is 1. The highest BCUT2D eigenvalue weighted by Crippen LogP contribution is 2.27. The lowest BCUT2D eigenvalue weighted by Gasteiger charge is -2.18. The lowest BCUT2D eigenvalue weighted by Crippen LogP contribution is -2.46. The average Bonchev–Trinajstić information content (AvgIpc) is 2.42. The van der Waals surface area contributed by atoms with Gasteiger partial charge in [0.15, 0.2) is 18.1 Å². The van der Waals surface area contributed by atoms with Crippen molar-refractivity contribution in [2.45, 2.75) is 26.8 Å². The van der Waals surface area contributed by atoms with Crippen LogP contribution < -0.4 is 14.8 Å². The van der Waals surface area contributed by atoms with Gasteiger partial charge in [0, 0.05) is 0 Å². The third-order valence-corrected chi connectivity index (χ3v) is 2.93. The maximum Gasteiger partial charge on any atom is 0.326 e.